The number of hydrogen-bond acceptors (Lipinski definition) is 5. The van der Waals surface area contributed by atoms with Gasteiger partial charge in [-0.2, -0.15) is 0 Å². The van der Waals surface area contributed by atoms with E-state index in [1.807, 2.05) is 52.5 Å². The molecular weight excluding hydrogens is 322 g/mol. The van der Waals surface area contributed by atoms with Crippen molar-refractivity contribution in [2.24, 2.45) is 0 Å². The maximum absolute atomic E-state index is 12.1. The molecule has 4 rings (SSSR count). The topological polar surface area (TPSA) is 72.2 Å². The molecule has 0 atom stereocenters. The lowest BCUT2D eigenvalue weighted by Crippen LogP contribution is -2.15. The Morgan fingerprint density at radius 3 is 2.71 bits per heavy atom. The Kier molecular flexibility index (Phi) is 3.76. The summed E-state index contributed by atoms with van der Waals surface area (Å²) >= 11 is 1.54. The van der Waals surface area contributed by atoms with E-state index in [0.29, 0.717) is 11.5 Å². The van der Waals surface area contributed by atoms with E-state index in [0.717, 1.165) is 16.2 Å². The van der Waals surface area contributed by atoms with E-state index in [1.165, 1.54) is 11.3 Å². The predicted octanol–water partition coefficient (Wildman–Crippen LogP) is 3.03. The monoisotopic (exact) mass is 335 g/mol. The normalized spacial score (nSPS) is 10.8. The van der Waals surface area contributed by atoms with Gasteiger partial charge in [0.2, 0.25) is 5.91 Å². The molecule has 0 aliphatic heterocycles. The average Bonchev–Trinajstić information content (AvgIpc) is 3.17. The van der Waals surface area contributed by atoms with Crippen LogP contribution < -0.4 is 5.32 Å². The molecular formula is C17H13N5OS. The third-order valence-electron chi connectivity index (χ3n) is 3.45. The molecule has 0 radical (unpaired) electrons. The molecule has 1 aromatic carbocycles. The number of carbonyl (C=O) groups excluding carboxylic acids is 1. The van der Waals surface area contributed by atoms with Crippen molar-refractivity contribution in [1.82, 2.24) is 19.4 Å². The van der Waals surface area contributed by atoms with Gasteiger partial charge in [-0.3, -0.25) is 9.20 Å². The molecule has 0 aliphatic rings. The van der Waals surface area contributed by atoms with Crippen molar-refractivity contribution in [2.45, 2.75) is 6.42 Å². The molecule has 0 fully saturated rings. The number of carbonyl (C=O) groups is 1. The van der Waals surface area contributed by atoms with Crippen LogP contribution >= 0.6 is 11.3 Å². The zero-order valence-electron chi connectivity index (χ0n) is 12.6. The molecule has 3 aromatic heterocycles. The number of benzene rings is 1. The number of hydrogen-bond donors (Lipinski definition) is 1. The van der Waals surface area contributed by atoms with E-state index in [-0.39, 0.29) is 12.3 Å². The molecule has 3 heterocycles. The minimum Gasteiger partial charge on any atom is -0.323 e. The first kappa shape index (κ1) is 14.5. The minimum atomic E-state index is -0.142. The Morgan fingerprint density at radius 1 is 1.17 bits per heavy atom. The van der Waals surface area contributed by atoms with Crippen LogP contribution in [0.4, 0.5) is 5.69 Å². The second-order valence-corrected chi connectivity index (χ2v) is 6.08. The number of thiazole rings is 1. The number of rotatable bonds is 4. The van der Waals surface area contributed by atoms with Crippen molar-refractivity contribution in [3.63, 3.8) is 0 Å². The zero-order chi connectivity index (χ0) is 16.4. The van der Waals surface area contributed by atoms with E-state index in [4.69, 9.17) is 0 Å². The Hall–Kier alpha value is -3.06. The second kappa shape index (κ2) is 6.21. The summed E-state index contributed by atoms with van der Waals surface area (Å²) in [5.74, 6) is 0.486. The van der Waals surface area contributed by atoms with Crippen molar-refractivity contribution in [2.75, 3.05) is 5.32 Å². The largest absolute Gasteiger partial charge is 0.323 e. The lowest BCUT2D eigenvalue weighted by atomic mass is 10.2. The van der Waals surface area contributed by atoms with Gasteiger partial charge in [-0.25, -0.2) is 15.0 Å². The van der Waals surface area contributed by atoms with E-state index < -0.39 is 0 Å². The molecule has 0 aliphatic carbocycles. The van der Waals surface area contributed by atoms with Crippen molar-refractivity contribution < 1.29 is 4.79 Å². The highest BCUT2D eigenvalue weighted by atomic mass is 32.1. The summed E-state index contributed by atoms with van der Waals surface area (Å²) in [4.78, 5) is 26.0. The summed E-state index contributed by atoms with van der Waals surface area (Å²) in [6.45, 7) is 0. The number of fused-ring (bicyclic) bond motifs is 1. The van der Waals surface area contributed by atoms with Gasteiger partial charge < -0.3 is 5.32 Å². The van der Waals surface area contributed by atoms with Crippen molar-refractivity contribution in [3.8, 4) is 11.4 Å². The Bertz CT molecular complexity index is 947. The molecule has 1 amide bonds. The fraction of sp³-hybridized carbons (Fsp3) is 0.0588. The molecule has 0 bridgehead atoms. The lowest BCUT2D eigenvalue weighted by Gasteiger charge is -2.04. The summed E-state index contributed by atoms with van der Waals surface area (Å²) in [7, 11) is 0. The molecule has 0 spiro atoms. The van der Waals surface area contributed by atoms with E-state index >= 15 is 0 Å². The molecule has 4 aromatic rings. The first-order valence-corrected chi connectivity index (χ1v) is 8.24. The first-order chi connectivity index (χ1) is 11.8. The van der Waals surface area contributed by atoms with Crippen molar-refractivity contribution in [3.05, 3.63) is 66.2 Å². The van der Waals surface area contributed by atoms with Crippen LogP contribution in [0, 0.1) is 0 Å². The summed E-state index contributed by atoms with van der Waals surface area (Å²) in [5.41, 5.74) is 2.25. The quantitative estimate of drug-likeness (QED) is 0.622. The second-order valence-electron chi connectivity index (χ2n) is 5.21. The molecule has 0 unspecified atom stereocenters. The van der Waals surface area contributed by atoms with Gasteiger partial charge in [-0.15, -0.1) is 11.3 Å². The number of anilines is 1. The van der Waals surface area contributed by atoms with Gasteiger partial charge in [0.15, 0.2) is 10.8 Å². The molecule has 118 valence electrons. The van der Waals surface area contributed by atoms with Crippen LogP contribution in [0.3, 0.4) is 0 Å². The van der Waals surface area contributed by atoms with Crippen LogP contribution in [-0.2, 0) is 11.2 Å². The maximum Gasteiger partial charge on any atom is 0.230 e. The molecule has 24 heavy (non-hydrogen) atoms. The molecule has 6 nitrogen and oxygen atoms in total. The fourth-order valence-corrected chi connectivity index (χ4v) is 3.08. The predicted molar refractivity (Wildman–Crippen MR) is 92.9 cm³/mol. The Labute approximate surface area is 141 Å². The number of nitrogens with one attached hydrogen (secondary N) is 1. The Balaban J connectivity index is 1.43. The number of nitrogens with zero attached hydrogens (tertiary/aromatic N) is 4. The SMILES string of the molecule is O=C(Cc1cn2ccsc2n1)Nc1cnc(-c2ccccc2)nc1. The number of amides is 1. The summed E-state index contributed by atoms with van der Waals surface area (Å²) < 4.78 is 1.91. The van der Waals surface area contributed by atoms with Gasteiger partial charge in [-0.05, 0) is 0 Å². The highest BCUT2D eigenvalue weighted by Crippen LogP contribution is 2.15. The van der Waals surface area contributed by atoms with Crippen LogP contribution in [0.2, 0.25) is 0 Å². The molecule has 0 saturated heterocycles. The van der Waals surface area contributed by atoms with E-state index in [2.05, 4.69) is 20.3 Å². The maximum atomic E-state index is 12.1. The smallest absolute Gasteiger partial charge is 0.230 e. The summed E-state index contributed by atoms with van der Waals surface area (Å²) in [6, 6.07) is 9.70. The zero-order valence-corrected chi connectivity index (χ0v) is 13.4. The van der Waals surface area contributed by atoms with Crippen molar-refractivity contribution in [1.29, 1.82) is 0 Å². The van der Waals surface area contributed by atoms with Gasteiger partial charge in [0.05, 0.1) is 30.2 Å². The van der Waals surface area contributed by atoms with E-state index in [9.17, 15) is 4.79 Å². The van der Waals surface area contributed by atoms with Crippen LogP contribution in [-0.4, -0.2) is 25.3 Å². The third-order valence-corrected chi connectivity index (χ3v) is 4.22. The van der Waals surface area contributed by atoms with Crippen LogP contribution in [0.15, 0.2) is 60.5 Å². The van der Waals surface area contributed by atoms with Crippen LogP contribution in [0.5, 0.6) is 0 Å². The van der Waals surface area contributed by atoms with Gasteiger partial charge >= 0.3 is 0 Å². The van der Waals surface area contributed by atoms with Gasteiger partial charge in [-0.1, -0.05) is 30.3 Å². The molecule has 7 heteroatoms. The summed E-state index contributed by atoms with van der Waals surface area (Å²) in [6.07, 6.45) is 7.22. The van der Waals surface area contributed by atoms with Gasteiger partial charge in [0.25, 0.3) is 0 Å². The average molecular weight is 335 g/mol. The third kappa shape index (κ3) is 3.02. The first-order valence-electron chi connectivity index (χ1n) is 7.36. The highest BCUT2D eigenvalue weighted by molar-refractivity contribution is 7.15. The summed E-state index contributed by atoms with van der Waals surface area (Å²) in [5, 5.41) is 4.75. The lowest BCUT2D eigenvalue weighted by molar-refractivity contribution is -0.115. The highest BCUT2D eigenvalue weighted by Gasteiger charge is 2.09. The van der Waals surface area contributed by atoms with Crippen LogP contribution in [0.25, 0.3) is 16.3 Å². The fourth-order valence-electron chi connectivity index (χ4n) is 2.36. The van der Waals surface area contributed by atoms with Crippen molar-refractivity contribution >= 4 is 27.9 Å². The van der Waals surface area contributed by atoms with E-state index in [1.54, 1.807) is 12.4 Å². The molecule has 0 saturated carbocycles. The minimum absolute atomic E-state index is 0.142. The Morgan fingerprint density at radius 2 is 1.96 bits per heavy atom. The van der Waals surface area contributed by atoms with Gasteiger partial charge in [0, 0.05) is 23.3 Å². The van der Waals surface area contributed by atoms with Gasteiger partial charge in [0.1, 0.15) is 0 Å². The standard InChI is InChI=1S/C17H13N5OS/c23-15(8-13-11-22-6-7-24-17(22)21-13)20-14-9-18-16(19-10-14)12-4-2-1-3-5-12/h1-7,9-11H,8H2,(H,20,23). The number of imidazole rings is 1. The van der Waals surface area contributed by atoms with Crippen LogP contribution in [0.1, 0.15) is 5.69 Å². The molecule has 1 N–H and O–H groups in total. The number of aromatic nitrogens is 4.